The third kappa shape index (κ3) is 4.19. The Morgan fingerprint density at radius 1 is 1.16 bits per heavy atom. The number of nitrogens with zero attached hydrogens (tertiary/aromatic N) is 2. The van der Waals surface area contributed by atoms with Gasteiger partial charge in [0.05, 0.1) is 0 Å². The standard InChI is InChI=1S/C21H29F2N3O4S/c1-4-10-26-19(27)17(13-14(2)3)24-20(28)21(26)8-11-25(12-9-21)31(29,30)18-15(22)6-5-7-16(18)23/h5-7,14,17H,4,8-13H2,1-3H3,(H,24,28). The van der Waals surface area contributed by atoms with Crippen LogP contribution in [0.15, 0.2) is 23.1 Å². The Kier molecular flexibility index (Phi) is 6.71. The van der Waals surface area contributed by atoms with Crippen LogP contribution in [-0.2, 0) is 19.6 Å². The Balaban J connectivity index is 1.86. The average Bonchev–Trinajstić information content (AvgIpc) is 2.69. The molecule has 7 nitrogen and oxygen atoms in total. The van der Waals surface area contributed by atoms with Gasteiger partial charge in [-0.15, -0.1) is 0 Å². The molecule has 1 aromatic rings. The average molecular weight is 458 g/mol. The Morgan fingerprint density at radius 2 is 1.74 bits per heavy atom. The van der Waals surface area contributed by atoms with Crippen LogP contribution in [0, 0.1) is 17.6 Å². The van der Waals surface area contributed by atoms with E-state index in [9.17, 15) is 26.8 Å². The van der Waals surface area contributed by atoms with E-state index in [4.69, 9.17) is 0 Å². The van der Waals surface area contributed by atoms with Crippen LogP contribution >= 0.6 is 0 Å². The van der Waals surface area contributed by atoms with E-state index in [2.05, 4.69) is 5.32 Å². The van der Waals surface area contributed by atoms with E-state index < -0.39 is 38.1 Å². The van der Waals surface area contributed by atoms with Crippen LogP contribution in [0.3, 0.4) is 0 Å². The fraction of sp³-hybridized carbons (Fsp3) is 0.619. The molecule has 2 fully saturated rings. The number of rotatable bonds is 6. The molecule has 2 saturated heterocycles. The maximum absolute atomic E-state index is 14.1. The number of piperidine rings is 1. The number of hydrogen-bond acceptors (Lipinski definition) is 4. The van der Waals surface area contributed by atoms with Crippen LogP contribution in [-0.4, -0.2) is 60.7 Å². The minimum absolute atomic E-state index is 0.0638. The predicted octanol–water partition coefficient (Wildman–Crippen LogP) is 2.27. The second kappa shape index (κ2) is 8.82. The molecule has 0 aliphatic carbocycles. The number of sulfonamides is 1. The number of nitrogens with one attached hydrogen (secondary N) is 1. The largest absolute Gasteiger partial charge is 0.342 e. The molecule has 2 aliphatic heterocycles. The van der Waals surface area contributed by atoms with Crippen LogP contribution in [0.2, 0.25) is 0 Å². The summed E-state index contributed by atoms with van der Waals surface area (Å²) in [5.74, 6) is -2.55. The van der Waals surface area contributed by atoms with Crippen molar-refractivity contribution in [1.82, 2.24) is 14.5 Å². The van der Waals surface area contributed by atoms with Crippen LogP contribution < -0.4 is 5.32 Å². The fourth-order valence-electron chi connectivity index (χ4n) is 4.51. The molecule has 1 aromatic carbocycles. The van der Waals surface area contributed by atoms with E-state index in [0.717, 1.165) is 22.5 Å². The number of amides is 2. The van der Waals surface area contributed by atoms with Crippen molar-refractivity contribution >= 4 is 21.8 Å². The van der Waals surface area contributed by atoms with Gasteiger partial charge in [0.2, 0.25) is 21.8 Å². The van der Waals surface area contributed by atoms with Crippen molar-refractivity contribution in [2.24, 2.45) is 5.92 Å². The third-order valence-electron chi connectivity index (χ3n) is 6.03. The molecule has 2 aliphatic rings. The summed E-state index contributed by atoms with van der Waals surface area (Å²) in [6, 6.07) is 2.29. The highest BCUT2D eigenvalue weighted by Crippen LogP contribution is 2.36. The van der Waals surface area contributed by atoms with Gasteiger partial charge in [-0.1, -0.05) is 26.8 Å². The lowest BCUT2D eigenvalue weighted by Crippen LogP contribution is -2.73. The summed E-state index contributed by atoms with van der Waals surface area (Å²) in [5, 5.41) is 2.83. The van der Waals surface area contributed by atoms with Crippen LogP contribution in [0.5, 0.6) is 0 Å². The monoisotopic (exact) mass is 457 g/mol. The van der Waals surface area contributed by atoms with E-state index >= 15 is 0 Å². The van der Waals surface area contributed by atoms with Gasteiger partial charge in [0.15, 0.2) is 4.90 Å². The summed E-state index contributed by atoms with van der Waals surface area (Å²) >= 11 is 0. The zero-order chi connectivity index (χ0) is 23.0. The molecule has 0 aromatic heterocycles. The van der Waals surface area contributed by atoms with Gasteiger partial charge < -0.3 is 10.2 Å². The highest BCUT2D eigenvalue weighted by atomic mass is 32.2. The molecule has 0 bridgehead atoms. The van der Waals surface area contributed by atoms with E-state index in [1.54, 1.807) is 4.90 Å². The van der Waals surface area contributed by atoms with Crippen molar-refractivity contribution < 1.29 is 26.8 Å². The number of benzene rings is 1. The van der Waals surface area contributed by atoms with Crippen molar-refractivity contribution in [2.45, 2.75) is 62.9 Å². The lowest BCUT2D eigenvalue weighted by atomic mass is 9.81. The molecule has 0 saturated carbocycles. The zero-order valence-electron chi connectivity index (χ0n) is 18.0. The Bertz CT molecular complexity index is 939. The number of carbonyl (C=O) groups excluding carboxylic acids is 2. The zero-order valence-corrected chi connectivity index (χ0v) is 18.8. The van der Waals surface area contributed by atoms with Crippen molar-refractivity contribution in [2.75, 3.05) is 19.6 Å². The van der Waals surface area contributed by atoms with Gasteiger partial charge in [-0.25, -0.2) is 17.2 Å². The maximum Gasteiger partial charge on any atom is 0.248 e. The van der Waals surface area contributed by atoms with Crippen molar-refractivity contribution in [3.8, 4) is 0 Å². The van der Waals surface area contributed by atoms with Gasteiger partial charge in [0.1, 0.15) is 23.2 Å². The summed E-state index contributed by atoms with van der Waals surface area (Å²) in [6.45, 7) is 6.00. The summed E-state index contributed by atoms with van der Waals surface area (Å²) in [7, 11) is -4.42. The Hall–Kier alpha value is -2.07. The molecule has 1 spiro atoms. The van der Waals surface area contributed by atoms with Crippen molar-refractivity contribution in [3.63, 3.8) is 0 Å². The van der Waals surface area contributed by atoms with Gasteiger partial charge in [-0.3, -0.25) is 9.59 Å². The quantitative estimate of drug-likeness (QED) is 0.710. The molecule has 172 valence electrons. The third-order valence-corrected chi connectivity index (χ3v) is 7.98. The molecular formula is C21H29F2N3O4S. The van der Waals surface area contributed by atoms with Gasteiger partial charge in [-0.05, 0) is 43.7 Å². The molecular weight excluding hydrogens is 428 g/mol. The first-order valence-corrected chi connectivity index (χ1v) is 12.0. The lowest BCUT2D eigenvalue weighted by Gasteiger charge is -2.51. The molecule has 0 radical (unpaired) electrons. The molecule has 1 unspecified atom stereocenters. The summed E-state index contributed by atoms with van der Waals surface area (Å²) in [5.41, 5.74) is -1.15. The first kappa shape index (κ1) is 23.6. The molecule has 10 heteroatoms. The van der Waals surface area contributed by atoms with Crippen LogP contribution in [0.4, 0.5) is 8.78 Å². The highest BCUT2D eigenvalue weighted by Gasteiger charge is 2.54. The lowest BCUT2D eigenvalue weighted by molar-refractivity contribution is -0.160. The molecule has 1 N–H and O–H groups in total. The Morgan fingerprint density at radius 3 is 2.26 bits per heavy atom. The first-order valence-electron chi connectivity index (χ1n) is 10.6. The van der Waals surface area contributed by atoms with E-state index in [1.807, 2.05) is 20.8 Å². The van der Waals surface area contributed by atoms with Crippen molar-refractivity contribution in [3.05, 3.63) is 29.8 Å². The normalized spacial score (nSPS) is 22.3. The number of carbonyl (C=O) groups is 2. The first-order chi connectivity index (χ1) is 14.5. The molecule has 3 rings (SSSR count). The SMILES string of the molecule is CCCN1C(=O)C(CC(C)C)NC(=O)C12CCN(S(=O)(=O)c1c(F)cccc1F)CC2. The highest BCUT2D eigenvalue weighted by molar-refractivity contribution is 7.89. The van der Waals surface area contributed by atoms with Gasteiger partial charge in [0.25, 0.3) is 0 Å². The molecule has 2 heterocycles. The van der Waals surface area contributed by atoms with E-state index in [-0.39, 0.29) is 43.7 Å². The van der Waals surface area contributed by atoms with Gasteiger partial charge in [-0.2, -0.15) is 4.31 Å². The molecule has 2 amide bonds. The molecule has 31 heavy (non-hydrogen) atoms. The summed E-state index contributed by atoms with van der Waals surface area (Å²) in [6.07, 6.45) is 1.30. The minimum Gasteiger partial charge on any atom is -0.342 e. The molecule has 1 atom stereocenters. The second-order valence-corrected chi connectivity index (χ2v) is 10.5. The fourth-order valence-corrected chi connectivity index (χ4v) is 6.06. The number of piperazine rings is 1. The summed E-state index contributed by atoms with van der Waals surface area (Å²) < 4.78 is 55.0. The topological polar surface area (TPSA) is 86.8 Å². The second-order valence-electron chi connectivity index (χ2n) is 8.63. The minimum atomic E-state index is -4.42. The predicted molar refractivity (Wildman–Crippen MR) is 110 cm³/mol. The van der Waals surface area contributed by atoms with Gasteiger partial charge >= 0.3 is 0 Å². The summed E-state index contributed by atoms with van der Waals surface area (Å²) in [4.78, 5) is 26.9. The maximum atomic E-state index is 14.1. The smallest absolute Gasteiger partial charge is 0.248 e. The van der Waals surface area contributed by atoms with Crippen molar-refractivity contribution in [1.29, 1.82) is 0 Å². The van der Waals surface area contributed by atoms with E-state index in [1.165, 1.54) is 0 Å². The number of hydrogen-bond donors (Lipinski definition) is 1. The van der Waals surface area contributed by atoms with Crippen LogP contribution in [0.25, 0.3) is 0 Å². The Labute approximate surface area is 181 Å². The number of halogens is 2. The van der Waals surface area contributed by atoms with Crippen LogP contribution in [0.1, 0.15) is 46.5 Å². The van der Waals surface area contributed by atoms with E-state index in [0.29, 0.717) is 19.4 Å². The van der Waals surface area contributed by atoms with Gasteiger partial charge in [0, 0.05) is 19.6 Å².